The summed E-state index contributed by atoms with van der Waals surface area (Å²) in [4.78, 5) is 26.1. The molecule has 0 aliphatic rings. The standard InChI is InChI=1S/C54H95NO5/c1-4-7-10-13-16-19-22-24-26-27-28-31-33-36-39-42-45-50(60-54(59)47-44-41-38-35-30-21-18-15-12-9-6-3)48-53(58)55-51(49-56)52(57)46-43-40-37-34-32-29-25-23-20-17-14-11-8-5-2/h10,13,15-16,18-19,22,24,26-28,31,50-52,56-57H,4-9,11-12,14,17,20-21,23,25,29-30,32-49H2,1-3H3,(H,55,58)/b13-10+,18-15-,19-16+,24-22+,27-26+,31-28+. The summed E-state index contributed by atoms with van der Waals surface area (Å²) in [5.74, 6) is -0.529. The van der Waals surface area contributed by atoms with Gasteiger partial charge in [0.1, 0.15) is 6.10 Å². The van der Waals surface area contributed by atoms with Gasteiger partial charge in [-0.25, -0.2) is 0 Å². The fraction of sp³-hybridized carbons (Fsp3) is 0.741. The lowest BCUT2D eigenvalue weighted by Crippen LogP contribution is -2.46. The molecular weight excluding hydrogens is 743 g/mol. The number of ether oxygens (including phenoxy) is 1. The van der Waals surface area contributed by atoms with Crippen LogP contribution in [0.1, 0.15) is 233 Å². The number of esters is 1. The molecule has 0 aromatic rings. The second-order valence-electron chi connectivity index (χ2n) is 17.0. The van der Waals surface area contributed by atoms with Crippen LogP contribution in [-0.4, -0.2) is 46.9 Å². The maximum Gasteiger partial charge on any atom is 0.306 e. The third-order valence-corrected chi connectivity index (χ3v) is 11.1. The summed E-state index contributed by atoms with van der Waals surface area (Å²) in [6.45, 7) is 6.34. The Morgan fingerprint density at radius 1 is 0.483 bits per heavy atom. The van der Waals surface area contributed by atoms with E-state index in [1.54, 1.807) is 0 Å². The fourth-order valence-corrected chi connectivity index (χ4v) is 7.26. The highest BCUT2D eigenvalue weighted by molar-refractivity contribution is 5.77. The van der Waals surface area contributed by atoms with Crippen molar-refractivity contribution in [3.63, 3.8) is 0 Å². The Hall–Kier alpha value is -2.70. The molecule has 0 aromatic carbocycles. The number of aliphatic hydroxyl groups is 2. The van der Waals surface area contributed by atoms with Crippen molar-refractivity contribution in [1.29, 1.82) is 0 Å². The van der Waals surface area contributed by atoms with E-state index in [0.29, 0.717) is 19.3 Å². The number of aliphatic hydroxyl groups excluding tert-OH is 2. The van der Waals surface area contributed by atoms with Crippen molar-refractivity contribution in [3.8, 4) is 0 Å². The van der Waals surface area contributed by atoms with Gasteiger partial charge in [-0.2, -0.15) is 0 Å². The summed E-state index contributed by atoms with van der Waals surface area (Å²) in [5.41, 5.74) is 0. The molecule has 3 unspecified atom stereocenters. The number of carbonyl (C=O) groups excluding carboxylic acids is 2. The van der Waals surface area contributed by atoms with E-state index in [1.807, 2.05) is 36.5 Å². The van der Waals surface area contributed by atoms with Crippen molar-refractivity contribution in [2.75, 3.05) is 6.61 Å². The topological polar surface area (TPSA) is 95.9 Å². The van der Waals surface area contributed by atoms with E-state index in [-0.39, 0.29) is 24.9 Å². The average molecular weight is 838 g/mol. The first kappa shape index (κ1) is 57.3. The van der Waals surface area contributed by atoms with Crippen LogP contribution in [-0.2, 0) is 14.3 Å². The maximum absolute atomic E-state index is 13.2. The Balaban J connectivity index is 4.68. The maximum atomic E-state index is 13.2. The van der Waals surface area contributed by atoms with Crippen LogP contribution in [0.25, 0.3) is 0 Å². The molecule has 346 valence electrons. The van der Waals surface area contributed by atoms with E-state index < -0.39 is 18.2 Å². The number of carbonyl (C=O) groups is 2. The average Bonchev–Trinajstić information content (AvgIpc) is 3.24. The van der Waals surface area contributed by atoms with Crippen molar-refractivity contribution in [3.05, 3.63) is 72.9 Å². The first-order valence-electron chi connectivity index (χ1n) is 25.2. The lowest BCUT2D eigenvalue weighted by Gasteiger charge is -2.24. The first-order chi connectivity index (χ1) is 29.5. The minimum absolute atomic E-state index is 0.0437. The van der Waals surface area contributed by atoms with Crippen molar-refractivity contribution in [2.45, 2.75) is 251 Å². The van der Waals surface area contributed by atoms with E-state index in [0.717, 1.165) is 77.0 Å². The van der Waals surface area contributed by atoms with E-state index >= 15 is 0 Å². The van der Waals surface area contributed by atoms with Crippen molar-refractivity contribution in [2.24, 2.45) is 0 Å². The molecule has 0 radical (unpaired) electrons. The Labute approximate surface area is 371 Å². The van der Waals surface area contributed by atoms with Crippen molar-refractivity contribution in [1.82, 2.24) is 5.32 Å². The Bertz CT molecular complexity index is 1120. The molecule has 0 aliphatic carbocycles. The zero-order valence-corrected chi connectivity index (χ0v) is 39.3. The Kier molecular flexibility index (Phi) is 45.2. The molecule has 6 nitrogen and oxygen atoms in total. The summed E-state index contributed by atoms with van der Waals surface area (Å²) >= 11 is 0. The molecule has 1 amide bonds. The molecule has 3 N–H and O–H groups in total. The number of allylic oxidation sites excluding steroid dienone is 12. The van der Waals surface area contributed by atoms with Crippen LogP contribution in [0.3, 0.4) is 0 Å². The number of hydrogen-bond acceptors (Lipinski definition) is 5. The van der Waals surface area contributed by atoms with Crippen molar-refractivity contribution < 1.29 is 24.5 Å². The van der Waals surface area contributed by atoms with Crippen LogP contribution in [0.4, 0.5) is 0 Å². The smallest absolute Gasteiger partial charge is 0.306 e. The monoisotopic (exact) mass is 838 g/mol. The largest absolute Gasteiger partial charge is 0.462 e. The van der Waals surface area contributed by atoms with Gasteiger partial charge >= 0.3 is 5.97 Å². The molecule has 0 rings (SSSR count). The Morgan fingerprint density at radius 3 is 1.47 bits per heavy atom. The fourth-order valence-electron chi connectivity index (χ4n) is 7.26. The molecule has 3 atom stereocenters. The summed E-state index contributed by atoms with van der Waals surface area (Å²) in [5, 5.41) is 23.7. The van der Waals surface area contributed by atoms with Gasteiger partial charge in [-0.05, 0) is 64.2 Å². The molecule has 0 aliphatic heterocycles. The molecule has 0 saturated heterocycles. The zero-order chi connectivity index (χ0) is 43.8. The zero-order valence-electron chi connectivity index (χ0n) is 39.3. The molecule has 0 bridgehead atoms. The normalized spacial score (nSPS) is 13.9. The Morgan fingerprint density at radius 2 is 0.917 bits per heavy atom. The van der Waals surface area contributed by atoms with Gasteiger partial charge in [-0.1, -0.05) is 229 Å². The highest BCUT2D eigenvalue weighted by Gasteiger charge is 2.24. The van der Waals surface area contributed by atoms with Gasteiger partial charge in [0, 0.05) is 6.42 Å². The minimum Gasteiger partial charge on any atom is -0.462 e. The second kappa shape index (κ2) is 47.4. The van der Waals surface area contributed by atoms with Crippen LogP contribution < -0.4 is 5.32 Å². The highest BCUT2D eigenvalue weighted by atomic mass is 16.5. The van der Waals surface area contributed by atoms with Gasteiger partial charge in [0.05, 0.1) is 25.2 Å². The summed E-state index contributed by atoms with van der Waals surface area (Å²) in [6, 6.07) is -0.719. The predicted octanol–water partition coefficient (Wildman–Crippen LogP) is 15.0. The molecular formula is C54H95NO5. The highest BCUT2D eigenvalue weighted by Crippen LogP contribution is 2.17. The van der Waals surface area contributed by atoms with Crippen molar-refractivity contribution >= 4 is 11.9 Å². The number of hydrogen-bond donors (Lipinski definition) is 3. The van der Waals surface area contributed by atoms with E-state index in [1.165, 1.54) is 109 Å². The molecule has 0 spiro atoms. The predicted molar refractivity (Wildman–Crippen MR) is 259 cm³/mol. The SMILES string of the molecule is CCC/C=C/C=C/C=C/C=C/C=C/CCCCCC(CC(=O)NC(CO)C(O)CCCCCCCCCCCCCCCC)OC(=O)CCCCCCC/C=C\CCCC. The van der Waals surface area contributed by atoms with Crippen LogP contribution >= 0.6 is 0 Å². The van der Waals surface area contributed by atoms with Crippen LogP contribution in [0.2, 0.25) is 0 Å². The minimum atomic E-state index is -0.803. The quantitative estimate of drug-likeness (QED) is 0.0246. The van der Waals surface area contributed by atoms with E-state index in [9.17, 15) is 19.8 Å². The molecule has 0 saturated carbocycles. The van der Waals surface area contributed by atoms with Gasteiger partial charge in [-0.3, -0.25) is 9.59 Å². The second-order valence-corrected chi connectivity index (χ2v) is 17.0. The molecule has 0 heterocycles. The summed E-state index contributed by atoms with van der Waals surface area (Å²) < 4.78 is 5.90. The number of amides is 1. The number of rotatable bonds is 44. The lowest BCUT2D eigenvalue weighted by atomic mass is 10.0. The van der Waals surface area contributed by atoms with Gasteiger partial charge in [0.25, 0.3) is 0 Å². The van der Waals surface area contributed by atoms with Gasteiger partial charge in [-0.15, -0.1) is 0 Å². The van der Waals surface area contributed by atoms with Gasteiger partial charge in [0.2, 0.25) is 5.91 Å². The van der Waals surface area contributed by atoms with Crippen LogP contribution in [0, 0.1) is 0 Å². The number of nitrogens with one attached hydrogen (secondary N) is 1. The summed E-state index contributed by atoms with van der Waals surface area (Å²) in [6.07, 6.45) is 59.5. The molecule has 0 fully saturated rings. The van der Waals surface area contributed by atoms with Gasteiger partial charge in [0.15, 0.2) is 0 Å². The molecule has 0 aromatic heterocycles. The van der Waals surface area contributed by atoms with E-state index in [2.05, 4.69) is 62.5 Å². The third kappa shape index (κ3) is 42.0. The molecule has 60 heavy (non-hydrogen) atoms. The summed E-state index contributed by atoms with van der Waals surface area (Å²) in [7, 11) is 0. The lowest BCUT2D eigenvalue weighted by molar-refractivity contribution is -0.151. The van der Waals surface area contributed by atoms with Gasteiger partial charge < -0.3 is 20.3 Å². The first-order valence-corrected chi connectivity index (χ1v) is 25.2. The van der Waals surface area contributed by atoms with E-state index in [4.69, 9.17) is 4.74 Å². The third-order valence-electron chi connectivity index (χ3n) is 11.1. The van der Waals surface area contributed by atoms with Crippen LogP contribution in [0.15, 0.2) is 72.9 Å². The van der Waals surface area contributed by atoms with Crippen LogP contribution in [0.5, 0.6) is 0 Å². The number of unbranched alkanes of at least 4 members (excludes halogenated alkanes) is 24. The molecule has 6 heteroatoms.